The summed E-state index contributed by atoms with van der Waals surface area (Å²) in [5.74, 6) is -0.400. The summed E-state index contributed by atoms with van der Waals surface area (Å²) in [6, 6.07) is 3.13. The molecule has 2 rings (SSSR count). The lowest BCUT2D eigenvalue weighted by Crippen LogP contribution is -1.94. The van der Waals surface area contributed by atoms with Gasteiger partial charge in [-0.05, 0) is 17.7 Å². The summed E-state index contributed by atoms with van der Waals surface area (Å²) in [6.07, 6.45) is 1.00. The lowest BCUT2D eigenvalue weighted by atomic mass is 10.0. The number of rotatable bonds is 1. The Balaban J connectivity index is 2.63. The first-order chi connectivity index (χ1) is 6.63. The number of aldehydes is 1. The van der Waals surface area contributed by atoms with Crippen LogP contribution in [0.3, 0.4) is 0 Å². The van der Waals surface area contributed by atoms with Crippen LogP contribution in [0.25, 0.3) is 0 Å². The topological polar surface area (TPSA) is 34.1 Å². The molecule has 0 amide bonds. The van der Waals surface area contributed by atoms with Gasteiger partial charge in [0.1, 0.15) is 6.29 Å². The summed E-state index contributed by atoms with van der Waals surface area (Å²) >= 11 is 11.6. The SMILES string of the molecule is O=CC1CC(=O)c2cc(Cl)c(Cl)cc21. The van der Waals surface area contributed by atoms with Crippen molar-refractivity contribution in [3.8, 4) is 0 Å². The highest BCUT2D eigenvalue weighted by atomic mass is 35.5. The number of carbonyl (C=O) groups excluding carboxylic acids is 2. The fourth-order valence-corrected chi connectivity index (χ4v) is 1.99. The highest BCUT2D eigenvalue weighted by Crippen LogP contribution is 2.36. The number of hydrogen-bond acceptors (Lipinski definition) is 2. The molecule has 0 heterocycles. The third kappa shape index (κ3) is 1.35. The van der Waals surface area contributed by atoms with Gasteiger partial charge in [0.15, 0.2) is 5.78 Å². The van der Waals surface area contributed by atoms with E-state index in [9.17, 15) is 9.59 Å². The minimum absolute atomic E-state index is 0.0457. The Bertz CT molecular complexity index is 426. The molecule has 2 nitrogen and oxygen atoms in total. The van der Waals surface area contributed by atoms with E-state index in [1.807, 2.05) is 0 Å². The predicted molar refractivity (Wildman–Crippen MR) is 54.2 cm³/mol. The first-order valence-corrected chi connectivity index (χ1v) is 4.86. The van der Waals surface area contributed by atoms with E-state index in [0.717, 1.165) is 6.29 Å². The monoisotopic (exact) mass is 228 g/mol. The second kappa shape index (κ2) is 3.37. The van der Waals surface area contributed by atoms with E-state index in [0.29, 0.717) is 21.2 Å². The summed E-state index contributed by atoms with van der Waals surface area (Å²) in [7, 11) is 0. The molecule has 0 radical (unpaired) electrons. The molecule has 0 fully saturated rings. The van der Waals surface area contributed by atoms with Gasteiger partial charge in [0.05, 0.1) is 10.0 Å². The number of fused-ring (bicyclic) bond motifs is 1. The molecular weight excluding hydrogens is 223 g/mol. The third-order valence-electron chi connectivity index (χ3n) is 2.36. The number of benzene rings is 1. The van der Waals surface area contributed by atoms with Gasteiger partial charge in [-0.1, -0.05) is 23.2 Å². The lowest BCUT2D eigenvalue weighted by Gasteiger charge is -2.03. The van der Waals surface area contributed by atoms with E-state index in [1.165, 1.54) is 6.07 Å². The number of ketones is 1. The first kappa shape index (κ1) is 9.69. The largest absolute Gasteiger partial charge is 0.303 e. The quantitative estimate of drug-likeness (QED) is 0.694. The van der Waals surface area contributed by atoms with Crippen LogP contribution in [0.15, 0.2) is 12.1 Å². The molecule has 72 valence electrons. The molecule has 1 unspecified atom stereocenters. The fraction of sp³-hybridized carbons (Fsp3) is 0.200. The van der Waals surface area contributed by atoms with Gasteiger partial charge in [-0.2, -0.15) is 0 Å². The molecule has 0 saturated heterocycles. The van der Waals surface area contributed by atoms with E-state index in [4.69, 9.17) is 23.2 Å². The molecule has 14 heavy (non-hydrogen) atoms. The maximum absolute atomic E-state index is 11.4. The number of halogens is 2. The molecule has 0 spiro atoms. The fourth-order valence-electron chi connectivity index (χ4n) is 1.65. The van der Waals surface area contributed by atoms with Gasteiger partial charge in [0, 0.05) is 17.9 Å². The highest BCUT2D eigenvalue weighted by molar-refractivity contribution is 6.42. The maximum Gasteiger partial charge on any atom is 0.164 e. The molecule has 0 N–H and O–H groups in total. The zero-order valence-electron chi connectivity index (χ0n) is 7.09. The Morgan fingerprint density at radius 2 is 1.93 bits per heavy atom. The summed E-state index contributed by atoms with van der Waals surface area (Å²) in [5, 5.41) is 0.734. The van der Waals surface area contributed by atoms with Crippen LogP contribution in [0.1, 0.15) is 28.3 Å². The molecule has 0 aromatic heterocycles. The summed E-state index contributed by atoms with van der Waals surface area (Å²) in [4.78, 5) is 22.1. The molecular formula is C10H6Cl2O2. The summed E-state index contributed by atoms with van der Waals surface area (Å²) < 4.78 is 0. The van der Waals surface area contributed by atoms with Gasteiger partial charge in [0.25, 0.3) is 0 Å². The maximum atomic E-state index is 11.4. The standard InChI is InChI=1S/C10H6Cl2O2/c11-8-2-6-5(4-13)1-10(14)7(6)3-9(8)12/h2-5H,1H2. The minimum atomic E-state index is -0.354. The first-order valence-electron chi connectivity index (χ1n) is 4.11. The number of carbonyl (C=O) groups is 2. The van der Waals surface area contributed by atoms with Crippen molar-refractivity contribution in [1.29, 1.82) is 0 Å². The van der Waals surface area contributed by atoms with Crippen LogP contribution in [-0.4, -0.2) is 12.1 Å². The molecule has 1 aliphatic carbocycles. The third-order valence-corrected chi connectivity index (χ3v) is 3.08. The van der Waals surface area contributed by atoms with Crippen molar-refractivity contribution in [3.63, 3.8) is 0 Å². The smallest absolute Gasteiger partial charge is 0.164 e. The van der Waals surface area contributed by atoms with Gasteiger partial charge in [0.2, 0.25) is 0 Å². The molecule has 1 aliphatic rings. The van der Waals surface area contributed by atoms with Crippen molar-refractivity contribution in [3.05, 3.63) is 33.3 Å². The van der Waals surface area contributed by atoms with Gasteiger partial charge < -0.3 is 4.79 Å². The van der Waals surface area contributed by atoms with Crippen LogP contribution in [-0.2, 0) is 4.79 Å². The minimum Gasteiger partial charge on any atom is -0.303 e. The van der Waals surface area contributed by atoms with Gasteiger partial charge in [-0.25, -0.2) is 0 Å². The normalized spacial score (nSPS) is 19.6. The second-order valence-electron chi connectivity index (χ2n) is 3.22. The van der Waals surface area contributed by atoms with Crippen molar-refractivity contribution >= 4 is 35.3 Å². The van der Waals surface area contributed by atoms with E-state index in [1.54, 1.807) is 6.07 Å². The van der Waals surface area contributed by atoms with Crippen molar-refractivity contribution in [1.82, 2.24) is 0 Å². The zero-order chi connectivity index (χ0) is 10.3. The molecule has 1 aromatic carbocycles. The van der Waals surface area contributed by atoms with Crippen LogP contribution in [0.4, 0.5) is 0 Å². The molecule has 0 bridgehead atoms. The second-order valence-corrected chi connectivity index (χ2v) is 4.04. The molecule has 0 aliphatic heterocycles. The van der Waals surface area contributed by atoms with Crippen molar-refractivity contribution in [2.75, 3.05) is 0 Å². The highest BCUT2D eigenvalue weighted by Gasteiger charge is 2.29. The molecule has 4 heteroatoms. The lowest BCUT2D eigenvalue weighted by molar-refractivity contribution is -0.108. The predicted octanol–water partition coefficient (Wildman–Crippen LogP) is 2.86. The van der Waals surface area contributed by atoms with Crippen molar-refractivity contribution in [2.24, 2.45) is 0 Å². The van der Waals surface area contributed by atoms with E-state index >= 15 is 0 Å². The average molecular weight is 229 g/mol. The van der Waals surface area contributed by atoms with Crippen LogP contribution < -0.4 is 0 Å². The van der Waals surface area contributed by atoms with Crippen LogP contribution >= 0.6 is 23.2 Å². The van der Waals surface area contributed by atoms with Crippen molar-refractivity contribution in [2.45, 2.75) is 12.3 Å². The molecule has 1 aromatic rings. The average Bonchev–Trinajstić information content (AvgIpc) is 2.45. The Morgan fingerprint density at radius 1 is 1.29 bits per heavy atom. The van der Waals surface area contributed by atoms with Crippen LogP contribution in [0.2, 0.25) is 10.0 Å². The molecule has 1 atom stereocenters. The Kier molecular flexibility index (Phi) is 2.33. The van der Waals surface area contributed by atoms with Crippen LogP contribution in [0, 0.1) is 0 Å². The van der Waals surface area contributed by atoms with Gasteiger partial charge in [-0.3, -0.25) is 4.79 Å². The van der Waals surface area contributed by atoms with E-state index in [2.05, 4.69) is 0 Å². The Morgan fingerprint density at radius 3 is 2.57 bits per heavy atom. The summed E-state index contributed by atoms with van der Waals surface area (Å²) in [6.45, 7) is 0. The summed E-state index contributed by atoms with van der Waals surface area (Å²) in [5.41, 5.74) is 1.22. The van der Waals surface area contributed by atoms with E-state index in [-0.39, 0.29) is 18.1 Å². The number of hydrogen-bond donors (Lipinski definition) is 0. The van der Waals surface area contributed by atoms with Crippen molar-refractivity contribution < 1.29 is 9.59 Å². The zero-order valence-corrected chi connectivity index (χ0v) is 8.60. The van der Waals surface area contributed by atoms with E-state index < -0.39 is 0 Å². The number of Topliss-reactive ketones (excluding diaryl/α,β-unsaturated/α-hetero) is 1. The van der Waals surface area contributed by atoms with Gasteiger partial charge >= 0.3 is 0 Å². The van der Waals surface area contributed by atoms with Gasteiger partial charge in [-0.15, -0.1) is 0 Å². The Hall–Kier alpha value is -0.860. The van der Waals surface area contributed by atoms with Crippen LogP contribution in [0.5, 0.6) is 0 Å². The molecule has 0 saturated carbocycles. The Labute approximate surface area is 90.8 Å².